The highest BCUT2D eigenvalue weighted by molar-refractivity contribution is 6.01. The fourth-order valence-corrected chi connectivity index (χ4v) is 4.16. The summed E-state index contributed by atoms with van der Waals surface area (Å²) in [5, 5.41) is 3.05. The summed E-state index contributed by atoms with van der Waals surface area (Å²) in [6, 6.07) is 19.4. The Bertz CT molecular complexity index is 847. The average Bonchev–Trinajstić information content (AvgIpc) is 2.93. The number of hydrogen-bond acceptors (Lipinski definition) is 2. The third kappa shape index (κ3) is 2.71. The molecule has 4 rings (SSSR count). The number of nitrogens with zero attached hydrogens (tertiary/aromatic N) is 1. The summed E-state index contributed by atoms with van der Waals surface area (Å²) in [6.07, 6.45) is 4.84. The number of amides is 2. The van der Waals surface area contributed by atoms with Gasteiger partial charge in [-0.25, -0.2) is 0 Å². The van der Waals surface area contributed by atoms with Gasteiger partial charge in [0.25, 0.3) is 11.8 Å². The molecule has 2 aliphatic rings. The molecule has 2 aromatic rings. The molecule has 1 fully saturated rings. The van der Waals surface area contributed by atoms with Crippen molar-refractivity contribution in [3.8, 4) is 0 Å². The minimum absolute atomic E-state index is 0.0328. The van der Waals surface area contributed by atoms with Crippen molar-refractivity contribution in [2.75, 3.05) is 13.6 Å². The number of benzene rings is 2. The molecule has 1 N–H and O–H groups in total. The summed E-state index contributed by atoms with van der Waals surface area (Å²) in [5.74, 6) is 0.0849. The lowest BCUT2D eigenvalue weighted by Crippen LogP contribution is -2.57. The number of rotatable bonds is 3. The summed E-state index contributed by atoms with van der Waals surface area (Å²) in [4.78, 5) is 27.4. The Morgan fingerprint density at radius 2 is 1.73 bits per heavy atom. The predicted octanol–water partition coefficient (Wildman–Crippen LogP) is 2.99. The van der Waals surface area contributed by atoms with Crippen LogP contribution in [0, 0.1) is 5.92 Å². The molecule has 4 heteroatoms. The van der Waals surface area contributed by atoms with Crippen LogP contribution in [-0.4, -0.2) is 35.8 Å². The standard InChI is InChI=1S/C22H22N2O2/c1-24-15-19-14-18(16-8-4-2-5-9-16)12-13-22(19,21(24)26)23-20(25)17-10-6-3-7-11-17/h2-13,18-19H,14-15H2,1H3,(H,23,25). The van der Waals surface area contributed by atoms with Crippen molar-refractivity contribution in [3.05, 3.63) is 83.9 Å². The van der Waals surface area contributed by atoms with E-state index in [9.17, 15) is 9.59 Å². The molecule has 3 atom stereocenters. The Labute approximate surface area is 153 Å². The number of carbonyl (C=O) groups is 2. The smallest absolute Gasteiger partial charge is 0.252 e. The van der Waals surface area contributed by atoms with Gasteiger partial charge in [-0.1, -0.05) is 60.7 Å². The average molecular weight is 346 g/mol. The van der Waals surface area contributed by atoms with Crippen molar-refractivity contribution in [1.82, 2.24) is 10.2 Å². The lowest BCUT2D eigenvalue weighted by molar-refractivity contribution is -0.130. The summed E-state index contributed by atoms with van der Waals surface area (Å²) in [6.45, 7) is 0.654. The lowest BCUT2D eigenvalue weighted by Gasteiger charge is -2.36. The van der Waals surface area contributed by atoms with Crippen molar-refractivity contribution in [3.63, 3.8) is 0 Å². The number of allylic oxidation sites excluding steroid dienone is 1. The van der Waals surface area contributed by atoms with Gasteiger partial charge in [0.2, 0.25) is 0 Å². The van der Waals surface area contributed by atoms with E-state index < -0.39 is 5.54 Å². The van der Waals surface area contributed by atoms with Crippen LogP contribution < -0.4 is 5.32 Å². The minimum atomic E-state index is -0.938. The third-order valence-corrected chi connectivity index (χ3v) is 5.55. The molecule has 0 aromatic heterocycles. The molecule has 1 heterocycles. The highest BCUT2D eigenvalue weighted by atomic mass is 16.2. The molecule has 0 saturated carbocycles. The van der Waals surface area contributed by atoms with Gasteiger partial charge in [-0.3, -0.25) is 9.59 Å². The van der Waals surface area contributed by atoms with E-state index in [0.29, 0.717) is 12.1 Å². The van der Waals surface area contributed by atoms with Gasteiger partial charge in [-0.2, -0.15) is 0 Å². The van der Waals surface area contributed by atoms with Crippen molar-refractivity contribution < 1.29 is 9.59 Å². The highest BCUT2D eigenvalue weighted by Crippen LogP contribution is 2.42. The molecule has 1 aliphatic carbocycles. The van der Waals surface area contributed by atoms with Crippen molar-refractivity contribution in [2.24, 2.45) is 5.92 Å². The zero-order valence-corrected chi connectivity index (χ0v) is 14.8. The molecule has 3 unspecified atom stereocenters. The summed E-state index contributed by atoms with van der Waals surface area (Å²) >= 11 is 0. The van der Waals surface area contributed by atoms with E-state index in [1.807, 2.05) is 49.5 Å². The first-order valence-corrected chi connectivity index (χ1v) is 8.97. The Balaban J connectivity index is 1.65. The van der Waals surface area contributed by atoms with E-state index in [2.05, 4.69) is 23.5 Å². The van der Waals surface area contributed by atoms with E-state index in [1.165, 1.54) is 5.56 Å². The Morgan fingerprint density at radius 1 is 1.08 bits per heavy atom. The van der Waals surface area contributed by atoms with Crippen LogP contribution in [0.25, 0.3) is 0 Å². The maximum atomic E-state index is 12.9. The van der Waals surface area contributed by atoms with Gasteiger partial charge in [0.1, 0.15) is 5.54 Å². The molecule has 132 valence electrons. The predicted molar refractivity (Wildman–Crippen MR) is 101 cm³/mol. The van der Waals surface area contributed by atoms with Crippen LogP contribution in [0.4, 0.5) is 0 Å². The van der Waals surface area contributed by atoms with Crippen LogP contribution in [0.3, 0.4) is 0 Å². The molecule has 0 spiro atoms. The molecule has 1 aliphatic heterocycles. The second-order valence-electron chi connectivity index (χ2n) is 7.18. The molecule has 0 radical (unpaired) electrons. The quantitative estimate of drug-likeness (QED) is 0.869. The SMILES string of the molecule is CN1CC2CC(c3ccccc3)C=CC2(NC(=O)c2ccccc2)C1=O. The number of fused-ring (bicyclic) bond motifs is 1. The van der Waals surface area contributed by atoms with Gasteiger partial charge in [0.05, 0.1) is 0 Å². The molecule has 1 saturated heterocycles. The van der Waals surface area contributed by atoms with Gasteiger partial charge in [-0.05, 0) is 24.1 Å². The molecule has 4 nitrogen and oxygen atoms in total. The second kappa shape index (κ2) is 6.45. The number of hydrogen-bond donors (Lipinski definition) is 1. The highest BCUT2D eigenvalue weighted by Gasteiger charge is 2.54. The number of nitrogens with one attached hydrogen (secondary N) is 1. The van der Waals surface area contributed by atoms with Crippen LogP contribution in [-0.2, 0) is 4.79 Å². The van der Waals surface area contributed by atoms with Crippen molar-refractivity contribution in [2.45, 2.75) is 17.9 Å². The number of likely N-dealkylation sites (N-methyl/N-ethyl adjacent to an activating group) is 1. The largest absolute Gasteiger partial charge is 0.343 e. The third-order valence-electron chi connectivity index (χ3n) is 5.55. The van der Waals surface area contributed by atoms with Crippen molar-refractivity contribution >= 4 is 11.8 Å². The molecular weight excluding hydrogens is 324 g/mol. The zero-order valence-electron chi connectivity index (χ0n) is 14.8. The maximum absolute atomic E-state index is 12.9. The lowest BCUT2D eigenvalue weighted by atomic mass is 9.73. The fraction of sp³-hybridized carbons (Fsp3) is 0.273. The minimum Gasteiger partial charge on any atom is -0.343 e. The summed E-state index contributed by atoms with van der Waals surface area (Å²) in [5.41, 5.74) is 0.878. The first-order chi connectivity index (χ1) is 12.6. The molecule has 26 heavy (non-hydrogen) atoms. The van der Waals surface area contributed by atoms with Crippen LogP contribution in [0.5, 0.6) is 0 Å². The maximum Gasteiger partial charge on any atom is 0.252 e. The molecule has 0 bridgehead atoms. The normalized spacial score (nSPS) is 27.3. The van der Waals surface area contributed by atoms with Gasteiger partial charge in [-0.15, -0.1) is 0 Å². The van der Waals surface area contributed by atoms with Crippen LogP contribution in [0.1, 0.15) is 28.3 Å². The Morgan fingerprint density at radius 3 is 2.42 bits per heavy atom. The van der Waals surface area contributed by atoms with Crippen LogP contribution in [0.15, 0.2) is 72.8 Å². The van der Waals surface area contributed by atoms with E-state index in [1.54, 1.807) is 17.0 Å². The summed E-state index contributed by atoms with van der Waals surface area (Å²) in [7, 11) is 1.81. The van der Waals surface area contributed by atoms with Crippen LogP contribution in [0.2, 0.25) is 0 Å². The fourth-order valence-electron chi connectivity index (χ4n) is 4.16. The number of carbonyl (C=O) groups excluding carboxylic acids is 2. The summed E-state index contributed by atoms with van der Waals surface area (Å²) < 4.78 is 0. The van der Waals surface area contributed by atoms with Gasteiger partial charge < -0.3 is 10.2 Å². The first-order valence-electron chi connectivity index (χ1n) is 8.97. The monoisotopic (exact) mass is 346 g/mol. The Kier molecular flexibility index (Phi) is 4.11. The Hall–Kier alpha value is -2.88. The van der Waals surface area contributed by atoms with Gasteiger partial charge >= 0.3 is 0 Å². The molecular formula is C22H22N2O2. The van der Waals surface area contributed by atoms with Gasteiger partial charge in [0, 0.05) is 31.0 Å². The number of likely N-dealkylation sites (tertiary alicyclic amines) is 1. The van der Waals surface area contributed by atoms with E-state index in [0.717, 1.165) is 6.42 Å². The van der Waals surface area contributed by atoms with E-state index in [-0.39, 0.29) is 23.7 Å². The second-order valence-corrected chi connectivity index (χ2v) is 7.18. The molecule has 2 amide bonds. The van der Waals surface area contributed by atoms with E-state index >= 15 is 0 Å². The van der Waals surface area contributed by atoms with Crippen molar-refractivity contribution in [1.29, 1.82) is 0 Å². The first kappa shape index (κ1) is 16.6. The topological polar surface area (TPSA) is 49.4 Å². The van der Waals surface area contributed by atoms with E-state index in [4.69, 9.17) is 0 Å². The molecule has 2 aromatic carbocycles. The zero-order chi connectivity index (χ0) is 18.1. The van der Waals surface area contributed by atoms with Gasteiger partial charge in [0.15, 0.2) is 0 Å². The van der Waals surface area contributed by atoms with Crippen LogP contribution >= 0.6 is 0 Å².